The van der Waals surface area contributed by atoms with Crippen LogP contribution >= 0.6 is 0 Å². The van der Waals surface area contributed by atoms with E-state index >= 15 is 0 Å². The van der Waals surface area contributed by atoms with Crippen molar-refractivity contribution < 1.29 is 32.9 Å². The van der Waals surface area contributed by atoms with Gasteiger partial charge in [0.15, 0.2) is 0 Å². The fourth-order valence-electron chi connectivity index (χ4n) is 0.887. The van der Waals surface area contributed by atoms with Crippen LogP contribution in [0.5, 0.6) is 0 Å². The maximum atomic E-state index is 7.50. The molecule has 0 aromatic carbocycles. The summed E-state index contributed by atoms with van der Waals surface area (Å²) in [5.74, 6) is 0. The Morgan fingerprint density at radius 1 is 1.27 bits per heavy atom. The summed E-state index contributed by atoms with van der Waals surface area (Å²) in [7, 11) is 0. The van der Waals surface area contributed by atoms with Crippen molar-refractivity contribution in [1.82, 2.24) is 0 Å². The van der Waals surface area contributed by atoms with E-state index in [1.54, 1.807) is 3.96 Å². The largest absolute Gasteiger partial charge is 0.281 e. The molecule has 0 unspecified atom stereocenters. The van der Waals surface area contributed by atoms with Crippen molar-refractivity contribution >= 4 is 20.4 Å². The standard InChI is InChI=1S/C7H7.3CO.CH3.W/c1-2-7-5-3-4-6-7;3*1-2;;/h2-3,5H,1,4H2;;;;1H3;. The Labute approximate surface area is 99.5 Å². The van der Waals surface area contributed by atoms with E-state index in [2.05, 4.69) is 44.4 Å². The van der Waals surface area contributed by atoms with Gasteiger partial charge in [-0.05, 0) is 0 Å². The molecule has 1 aliphatic rings. The topological polar surface area (TPSA) is 51.2 Å². The summed E-state index contributed by atoms with van der Waals surface area (Å²) in [6, 6.07) is 0. The number of hydrogen-bond acceptors (Lipinski definition) is 3. The van der Waals surface area contributed by atoms with Gasteiger partial charge in [0.1, 0.15) is 0 Å². The van der Waals surface area contributed by atoms with Crippen LogP contribution in [-0.2, 0) is 32.9 Å². The molecule has 1 aliphatic carbocycles. The van der Waals surface area contributed by atoms with Gasteiger partial charge in [0.05, 0.1) is 0 Å². The van der Waals surface area contributed by atoms with Gasteiger partial charge in [0.2, 0.25) is 0 Å². The van der Waals surface area contributed by atoms with Gasteiger partial charge in [0, 0.05) is 0 Å². The van der Waals surface area contributed by atoms with E-state index in [-0.39, 0.29) is 18.6 Å². The summed E-state index contributed by atoms with van der Waals surface area (Å²) in [5.41, 5.74) is 1.41. The van der Waals surface area contributed by atoms with Gasteiger partial charge in [-0.2, -0.15) is 0 Å². The predicted molar refractivity (Wildman–Crippen MR) is 53.9 cm³/mol. The summed E-state index contributed by atoms with van der Waals surface area (Å²) in [4.78, 5) is 22.5. The minimum Gasteiger partial charge on any atom is -0.281 e. The van der Waals surface area contributed by atoms with Crippen molar-refractivity contribution in [3.8, 4) is 0 Å². The molecule has 0 fully saturated rings. The average molecular weight is 374 g/mol. The van der Waals surface area contributed by atoms with E-state index in [9.17, 15) is 0 Å². The molecule has 0 heterocycles. The van der Waals surface area contributed by atoms with Crippen LogP contribution < -0.4 is 0 Å². The molecule has 4 heteroatoms. The Hall–Kier alpha value is -1.08. The zero-order valence-corrected chi connectivity index (χ0v) is 11.2. The zero-order valence-electron chi connectivity index (χ0n) is 8.28. The van der Waals surface area contributed by atoms with Gasteiger partial charge in [-0.15, -0.1) is 0 Å². The number of allylic oxidation sites excluding steroid dienone is 5. The molecule has 78 valence electrons. The molecule has 0 aromatic heterocycles. The van der Waals surface area contributed by atoms with Crippen LogP contribution in [-0.4, -0.2) is 20.4 Å². The second kappa shape index (κ2) is 18.7. The first-order valence-electron chi connectivity index (χ1n) is 3.56. The van der Waals surface area contributed by atoms with Gasteiger partial charge in [-0.1, -0.05) is 0 Å². The Morgan fingerprint density at radius 2 is 1.73 bits per heavy atom. The van der Waals surface area contributed by atoms with Crippen LogP contribution in [0.2, 0.25) is 5.31 Å². The molecule has 0 atom stereocenters. The summed E-state index contributed by atoms with van der Waals surface area (Å²) in [5, 5.41) is 2.35. The normalized spacial score (nSPS) is 11.0. The number of hydrogen-bond donors (Lipinski definition) is 0. The molecule has 0 amide bonds. The van der Waals surface area contributed by atoms with Crippen LogP contribution in [0.1, 0.15) is 6.42 Å². The Kier molecular flexibility index (Phi) is 24.2. The van der Waals surface area contributed by atoms with E-state index in [1.165, 1.54) is 12.0 Å². The summed E-state index contributed by atoms with van der Waals surface area (Å²) >= 11 is -0.139. The van der Waals surface area contributed by atoms with Crippen molar-refractivity contribution in [1.29, 1.82) is 0 Å². The van der Waals surface area contributed by atoms with Crippen LogP contribution in [0.3, 0.4) is 0 Å². The van der Waals surface area contributed by atoms with Gasteiger partial charge in [0.25, 0.3) is 20.4 Å². The second-order valence-corrected chi connectivity index (χ2v) is 5.13. The molecule has 0 bridgehead atoms. The monoisotopic (exact) mass is 374 g/mol. The van der Waals surface area contributed by atoms with Crippen molar-refractivity contribution in [3.05, 3.63) is 34.3 Å². The molecule has 0 aliphatic heterocycles. The maximum absolute atomic E-state index is 7.50. The van der Waals surface area contributed by atoms with Crippen molar-refractivity contribution in [2.75, 3.05) is 0 Å². The fourth-order valence-corrected chi connectivity index (χ4v) is 3.22. The van der Waals surface area contributed by atoms with E-state index in [4.69, 9.17) is 14.4 Å². The summed E-state index contributed by atoms with van der Waals surface area (Å²) < 4.78 is 1.69. The van der Waals surface area contributed by atoms with E-state index in [0.717, 1.165) is 0 Å². The first kappa shape index (κ1) is 19.5. The summed E-state index contributed by atoms with van der Waals surface area (Å²) in [6.07, 6.45) is 7.60. The maximum Gasteiger partial charge on any atom is 0.281 e. The molecule has 0 aromatic rings. The minimum absolute atomic E-state index is 0.139. The van der Waals surface area contributed by atoms with Gasteiger partial charge < -0.3 is 0 Å². The number of rotatable bonds is 2. The van der Waals surface area contributed by atoms with E-state index in [0.29, 0.717) is 0 Å². The molecular weight excluding hydrogens is 364 g/mol. The molecular formula is C11H10O3W. The van der Waals surface area contributed by atoms with Crippen molar-refractivity contribution in [3.63, 3.8) is 0 Å². The van der Waals surface area contributed by atoms with Crippen LogP contribution in [0.25, 0.3) is 0 Å². The van der Waals surface area contributed by atoms with Crippen LogP contribution in [0, 0.1) is 0 Å². The zero-order chi connectivity index (χ0) is 12.7. The third-order valence-corrected chi connectivity index (χ3v) is 4.60. The van der Waals surface area contributed by atoms with Crippen LogP contribution in [0.4, 0.5) is 0 Å². The fraction of sp³-hybridized carbons (Fsp3) is 0.182. The van der Waals surface area contributed by atoms with Gasteiger partial charge in [-0.3, -0.25) is 14.4 Å². The molecule has 0 saturated carbocycles. The predicted octanol–water partition coefficient (Wildman–Crippen LogP) is 1.33. The van der Waals surface area contributed by atoms with Gasteiger partial charge >= 0.3 is 64.6 Å². The molecule has 6 radical (unpaired) electrons. The molecule has 0 N–H and O–H groups in total. The Morgan fingerprint density at radius 3 is 2.00 bits per heavy atom. The Bertz CT molecular complexity index is 217. The first-order valence-corrected chi connectivity index (χ1v) is 7.96. The van der Waals surface area contributed by atoms with Crippen molar-refractivity contribution in [2.45, 2.75) is 11.7 Å². The van der Waals surface area contributed by atoms with Gasteiger partial charge in [-0.25, -0.2) is 0 Å². The smallest absolute Gasteiger partial charge is 0.281 e. The Balaban J connectivity index is -0.000000208. The average Bonchev–Trinajstić information content (AvgIpc) is 2.84. The molecule has 1 rings (SSSR count). The van der Waals surface area contributed by atoms with Crippen molar-refractivity contribution in [2.24, 2.45) is 0 Å². The molecule has 3 nitrogen and oxygen atoms in total. The minimum atomic E-state index is -0.139. The first-order chi connectivity index (χ1) is 7.38. The third kappa shape index (κ3) is 9.23. The molecule has 0 saturated heterocycles. The quantitative estimate of drug-likeness (QED) is 0.733. The van der Waals surface area contributed by atoms with Crippen LogP contribution in [0.15, 0.2) is 34.3 Å². The molecule has 0 spiro atoms. The van der Waals surface area contributed by atoms with E-state index < -0.39 is 0 Å². The summed E-state index contributed by atoms with van der Waals surface area (Å²) in [6.45, 7) is 17.3. The third-order valence-electron chi connectivity index (χ3n) is 1.39. The molecule has 15 heavy (non-hydrogen) atoms. The SMILES string of the molecule is C=CC1=[C]([W][CH3])CC=C1.[C]=O.[C]=O.[C]=O. The second-order valence-electron chi connectivity index (χ2n) is 1.89. The van der Waals surface area contributed by atoms with E-state index in [1.807, 2.05) is 6.08 Å². The number of carbonyl (C=O) groups excluding carboxylic acids is 3.